The zero-order chi connectivity index (χ0) is 8.97. The summed E-state index contributed by atoms with van der Waals surface area (Å²) in [5.74, 6) is 0.811. The minimum Gasteiger partial charge on any atom is -0.495 e. The van der Waals surface area contributed by atoms with Gasteiger partial charge in [0.2, 0.25) is 0 Å². The molecule has 0 aliphatic heterocycles. The van der Waals surface area contributed by atoms with Crippen molar-refractivity contribution in [2.45, 2.75) is 13.8 Å². The van der Waals surface area contributed by atoms with Crippen LogP contribution in [0.25, 0.3) is 4.85 Å². The highest BCUT2D eigenvalue weighted by molar-refractivity contribution is 5.57. The van der Waals surface area contributed by atoms with Gasteiger partial charge in [-0.05, 0) is 25.5 Å². The Morgan fingerprint density at radius 1 is 1.50 bits per heavy atom. The predicted octanol–water partition coefficient (Wildman–Crippen LogP) is 2.94. The van der Waals surface area contributed by atoms with Gasteiger partial charge in [-0.1, -0.05) is 12.1 Å². The quantitative estimate of drug-likeness (QED) is 0.608. The molecule has 62 valence electrons. The second-order valence-electron chi connectivity index (χ2n) is 2.45. The molecule has 0 N–H and O–H groups in total. The van der Waals surface area contributed by atoms with Crippen molar-refractivity contribution in [1.29, 1.82) is 0 Å². The molecule has 0 saturated heterocycles. The molecule has 1 aromatic rings. The van der Waals surface area contributed by atoms with E-state index in [1.165, 1.54) is 0 Å². The summed E-state index contributed by atoms with van der Waals surface area (Å²) in [6.45, 7) is 11.4. The Bertz CT molecular complexity index is 312. The lowest BCUT2D eigenvalue weighted by Crippen LogP contribution is -1.93. The predicted molar refractivity (Wildman–Crippen MR) is 48.6 cm³/mol. The molecule has 0 fully saturated rings. The largest absolute Gasteiger partial charge is 0.495 e. The average molecular weight is 161 g/mol. The van der Waals surface area contributed by atoms with Crippen molar-refractivity contribution in [2.24, 2.45) is 0 Å². The van der Waals surface area contributed by atoms with Crippen LogP contribution in [-0.2, 0) is 0 Å². The van der Waals surface area contributed by atoms with Gasteiger partial charge in [-0.25, -0.2) is 4.85 Å². The normalized spacial score (nSPS) is 9.08. The van der Waals surface area contributed by atoms with Crippen LogP contribution in [0.5, 0.6) is 5.75 Å². The number of nitrogens with zero attached hydrogens (tertiary/aromatic N) is 1. The van der Waals surface area contributed by atoms with E-state index in [0.717, 1.165) is 11.3 Å². The van der Waals surface area contributed by atoms with Gasteiger partial charge in [0.1, 0.15) is 5.75 Å². The van der Waals surface area contributed by atoms with Crippen LogP contribution in [0.2, 0.25) is 0 Å². The van der Waals surface area contributed by atoms with Gasteiger partial charge in [0.05, 0.1) is 13.2 Å². The Balaban J connectivity index is 3.07. The lowest BCUT2D eigenvalue weighted by Gasteiger charge is -2.06. The molecule has 0 heterocycles. The van der Waals surface area contributed by atoms with Gasteiger partial charge in [0, 0.05) is 0 Å². The summed E-state index contributed by atoms with van der Waals surface area (Å²) in [4.78, 5) is 3.38. The summed E-state index contributed by atoms with van der Waals surface area (Å²) >= 11 is 0. The maximum atomic E-state index is 6.88. The first kappa shape index (κ1) is 8.61. The van der Waals surface area contributed by atoms with E-state index in [0.29, 0.717) is 12.3 Å². The number of hydrogen-bond donors (Lipinski definition) is 0. The summed E-state index contributed by atoms with van der Waals surface area (Å²) < 4.78 is 5.34. The van der Waals surface area contributed by atoms with Gasteiger partial charge >= 0.3 is 0 Å². The van der Waals surface area contributed by atoms with Crippen molar-refractivity contribution in [3.63, 3.8) is 0 Å². The van der Waals surface area contributed by atoms with Crippen molar-refractivity contribution in [1.82, 2.24) is 0 Å². The molecule has 0 aromatic heterocycles. The van der Waals surface area contributed by atoms with Gasteiger partial charge in [0.15, 0.2) is 5.69 Å². The molecule has 0 amide bonds. The molecule has 2 nitrogen and oxygen atoms in total. The Hall–Kier alpha value is -1.49. The van der Waals surface area contributed by atoms with Crippen LogP contribution in [0, 0.1) is 13.5 Å². The van der Waals surface area contributed by atoms with E-state index in [2.05, 4.69) is 4.85 Å². The third kappa shape index (κ3) is 1.57. The summed E-state index contributed by atoms with van der Waals surface area (Å²) in [6, 6.07) is 5.52. The summed E-state index contributed by atoms with van der Waals surface area (Å²) in [6.07, 6.45) is 0. The molecule has 0 aliphatic rings. The average Bonchev–Trinajstić information content (AvgIpc) is 2.09. The maximum absolute atomic E-state index is 6.88. The number of hydrogen-bond acceptors (Lipinski definition) is 1. The Morgan fingerprint density at radius 3 is 2.83 bits per heavy atom. The van der Waals surface area contributed by atoms with Crippen LogP contribution in [-0.4, -0.2) is 6.61 Å². The standard InChI is InChI=1S/C10H11NO/c1-4-12-10-7-5-6-9(11-3)8(10)2/h5-7H,4H2,1-2H3. The summed E-state index contributed by atoms with van der Waals surface area (Å²) in [5.41, 5.74) is 1.59. The van der Waals surface area contributed by atoms with Crippen LogP contribution in [0.15, 0.2) is 18.2 Å². The van der Waals surface area contributed by atoms with Crippen molar-refractivity contribution in [3.05, 3.63) is 35.2 Å². The number of rotatable bonds is 2. The Labute approximate surface area is 72.6 Å². The summed E-state index contributed by atoms with van der Waals surface area (Å²) in [7, 11) is 0. The van der Waals surface area contributed by atoms with Gasteiger partial charge in [-0.15, -0.1) is 0 Å². The first-order chi connectivity index (χ1) is 5.79. The third-order valence-corrected chi connectivity index (χ3v) is 1.68. The second kappa shape index (κ2) is 3.77. The lowest BCUT2D eigenvalue weighted by atomic mass is 10.2. The van der Waals surface area contributed by atoms with E-state index in [4.69, 9.17) is 11.3 Å². The molecule has 0 radical (unpaired) electrons. The van der Waals surface area contributed by atoms with Gasteiger partial charge in [-0.2, -0.15) is 0 Å². The molecule has 1 rings (SSSR count). The van der Waals surface area contributed by atoms with Crippen LogP contribution < -0.4 is 4.74 Å². The molecule has 0 saturated carbocycles. The maximum Gasteiger partial charge on any atom is 0.193 e. The molecule has 0 bridgehead atoms. The van der Waals surface area contributed by atoms with E-state index in [9.17, 15) is 0 Å². The SMILES string of the molecule is [C-]#[N+]c1cccc(OCC)c1C. The van der Waals surface area contributed by atoms with E-state index in [1.54, 1.807) is 6.07 Å². The van der Waals surface area contributed by atoms with Crippen LogP contribution >= 0.6 is 0 Å². The topological polar surface area (TPSA) is 13.6 Å². The van der Waals surface area contributed by atoms with E-state index in [-0.39, 0.29) is 0 Å². The highest BCUT2D eigenvalue weighted by atomic mass is 16.5. The fourth-order valence-corrected chi connectivity index (χ4v) is 1.04. The van der Waals surface area contributed by atoms with Crippen molar-refractivity contribution >= 4 is 5.69 Å². The van der Waals surface area contributed by atoms with E-state index >= 15 is 0 Å². The number of ether oxygens (including phenoxy) is 1. The minimum atomic E-state index is 0.641. The number of benzene rings is 1. The van der Waals surface area contributed by atoms with Crippen molar-refractivity contribution < 1.29 is 4.74 Å². The van der Waals surface area contributed by atoms with Crippen LogP contribution in [0.4, 0.5) is 5.69 Å². The monoisotopic (exact) mass is 161 g/mol. The first-order valence-electron chi connectivity index (χ1n) is 3.89. The lowest BCUT2D eigenvalue weighted by molar-refractivity contribution is 0.338. The molecular weight excluding hydrogens is 150 g/mol. The highest BCUT2D eigenvalue weighted by Gasteiger charge is 2.02. The molecule has 0 unspecified atom stereocenters. The fourth-order valence-electron chi connectivity index (χ4n) is 1.04. The molecule has 1 aromatic carbocycles. The Kier molecular flexibility index (Phi) is 2.71. The zero-order valence-corrected chi connectivity index (χ0v) is 7.29. The second-order valence-corrected chi connectivity index (χ2v) is 2.45. The van der Waals surface area contributed by atoms with Crippen LogP contribution in [0.1, 0.15) is 12.5 Å². The fraction of sp³-hybridized carbons (Fsp3) is 0.300. The zero-order valence-electron chi connectivity index (χ0n) is 7.29. The van der Waals surface area contributed by atoms with Gasteiger partial charge in [-0.3, -0.25) is 0 Å². The molecule has 12 heavy (non-hydrogen) atoms. The van der Waals surface area contributed by atoms with E-state index in [1.807, 2.05) is 26.0 Å². The highest BCUT2D eigenvalue weighted by Crippen LogP contribution is 2.27. The van der Waals surface area contributed by atoms with E-state index < -0.39 is 0 Å². The summed E-state index contributed by atoms with van der Waals surface area (Å²) in [5, 5.41) is 0. The molecule has 2 heteroatoms. The molecule has 0 atom stereocenters. The van der Waals surface area contributed by atoms with Crippen LogP contribution in [0.3, 0.4) is 0 Å². The molecule has 0 aliphatic carbocycles. The van der Waals surface area contributed by atoms with Gasteiger partial charge in [0.25, 0.3) is 0 Å². The minimum absolute atomic E-state index is 0.641. The first-order valence-corrected chi connectivity index (χ1v) is 3.89. The van der Waals surface area contributed by atoms with Gasteiger partial charge < -0.3 is 4.74 Å². The molecule has 0 spiro atoms. The van der Waals surface area contributed by atoms with Crippen molar-refractivity contribution in [2.75, 3.05) is 6.61 Å². The third-order valence-electron chi connectivity index (χ3n) is 1.68. The Morgan fingerprint density at radius 2 is 2.25 bits per heavy atom. The smallest absolute Gasteiger partial charge is 0.193 e. The van der Waals surface area contributed by atoms with Crippen molar-refractivity contribution in [3.8, 4) is 5.75 Å². The molecular formula is C10H11NO.